The number of nitrogens with zero attached hydrogens (tertiary/aromatic N) is 2. The van der Waals surface area contributed by atoms with Crippen molar-refractivity contribution in [1.29, 1.82) is 0 Å². The van der Waals surface area contributed by atoms with Crippen molar-refractivity contribution in [3.8, 4) is 16.9 Å². The Bertz CT molecular complexity index is 1270. The molecule has 1 heterocycles. The van der Waals surface area contributed by atoms with E-state index in [0.29, 0.717) is 11.1 Å². The fraction of sp³-hybridized carbons (Fsp3) is 0.0385. The van der Waals surface area contributed by atoms with Crippen LogP contribution in [0.4, 0.5) is 0 Å². The Kier molecular flexibility index (Phi) is 5.94. The third-order valence-electron chi connectivity index (χ3n) is 5.07. The van der Waals surface area contributed by atoms with Gasteiger partial charge in [-0.3, -0.25) is 4.79 Å². The molecular formula is C26H21N3O3. The summed E-state index contributed by atoms with van der Waals surface area (Å²) in [6.07, 6.45) is 1.47. The van der Waals surface area contributed by atoms with Crippen molar-refractivity contribution < 1.29 is 14.7 Å². The Labute approximate surface area is 185 Å². The first-order chi connectivity index (χ1) is 15.5. The van der Waals surface area contributed by atoms with E-state index < -0.39 is 5.97 Å². The van der Waals surface area contributed by atoms with Gasteiger partial charge in [0.1, 0.15) is 0 Å². The van der Waals surface area contributed by atoms with Crippen LogP contribution in [0.25, 0.3) is 16.9 Å². The fourth-order valence-corrected chi connectivity index (χ4v) is 3.42. The van der Waals surface area contributed by atoms with E-state index in [4.69, 9.17) is 5.11 Å². The van der Waals surface area contributed by atoms with E-state index in [1.54, 1.807) is 24.3 Å². The predicted molar refractivity (Wildman–Crippen MR) is 124 cm³/mol. The third-order valence-corrected chi connectivity index (χ3v) is 5.07. The molecular weight excluding hydrogens is 402 g/mol. The van der Waals surface area contributed by atoms with Crippen molar-refractivity contribution in [2.75, 3.05) is 0 Å². The van der Waals surface area contributed by atoms with Gasteiger partial charge < -0.3 is 9.67 Å². The number of carbonyl (C=O) groups excluding carboxylic acids is 1. The van der Waals surface area contributed by atoms with Crippen molar-refractivity contribution in [3.63, 3.8) is 0 Å². The Morgan fingerprint density at radius 3 is 2.16 bits per heavy atom. The molecule has 0 fully saturated rings. The summed E-state index contributed by atoms with van der Waals surface area (Å²) in [5, 5.41) is 12.9. The molecule has 2 N–H and O–H groups in total. The fourth-order valence-electron chi connectivity index (χ4n) is 3.42. The number of carboxylic acid groups (broad SMARTS) is 1. The highest BCUT2D eigenvalue weighted by Gasteiger charge is 2.11. The zero-order valence-corrected chi connectivity index (χ0v) is 17.4. The highest BCUT2D eigenvalue weighted by Crippen LogP contribution is 2.26. The van der Waals surface area contributed by atoms with Crippen LogP contribution in [0.1, 0.15) is 32.0 Å². The monoisotopic (exact) mass is 423 g/mol. The van der Waals surface area contributed by atoms with E-state index in [1.807, 2.05) is 37.3 Å². The first-order valence-electron chi connectivity index (χ1n) is 10.0. The normalized spacial score (nSPS) is 10.9. The maximum absolute atomic E-state index is 12.4. The van der Waals surface area contributed by atoms with Gasteiger partial charge in [-0.05, 0) is 66.6 Å². The molecule has 0 spiro atoms. The van der Waals surface area contributed by atoms with Gasteiger partial charge in [-0.25, -0.2) is 10.2 Å². The van der Waals surface area contributed by atoms with Crippen molar-refractivity contribution in [2.24, 2.45) is 5.10 Å². The third kappa shape index (κ3) is 4.49. The second kappa shape index (κ2) is 9.14. The summed E-state index contributed by atoms with van der Waals surface area (Å²) in [6.45, 7) is 2.05. The number of hydrazone groups is 1. The number of aromatic nitrogens is 1. The van der Waals surface area contributed by atoms with Crippen LogP contribution in [-0.4, -0.2) is 27.8 Å². The second-order valence-electron chi connectivity index (χ2n) is 7.23. The van der Waals surface area contributed by atoms with Crippen LogP contribution in [0.5, 0.6) is 0 Å². The average molecular weight is 423 g/mol. The molecule has 6 heteroatoms. The van der Waals surface area contributed by atoms with Gasteiger partial charge in [0.25, 0.3) is 5.91 Å². The number of aryl methyl sites for hydroxylation is 1. The van der Waals surface area contributed by atoms with E-state index in [0.717, 1.165) is 22.6 Å². The lowest BCUT2D eigenvalue weighted by Gasteiger charge is -2.12. The number of benzene rings is 3. The van der Waals surface area contributed by atoms with Crippen molar-refractivity contribution >= 4 is 18.1 Å². The summed E-state index contributed by atoms with van der Waals surface area (Å²) >= 11 is 0. The number of hydrogen-bond donors (Lipinski definition) is 2. The molecule has 0 aliphatic rings. The SMILES string of the molecule is Cc1ccc(-c2ccccc2)n1-c1ccc(C(=O)N/N=C/c2ccc(C(=O)O)cc2)cc1. The number of rotatable bonds is 6. The van der Waals surface area contributed by atoms with Gasteiger partial charge in [0.2, 0.25) is 0 Å². The van der Waals surface area contributed by atoms with Crippen LogP contribution in [0.2, 0.25) is 0 Å². The zero-order chi connectivity index (χ0) is 22.5. The molecule has 0 atom stereocenters. The van der Waals surface area contributed by atoms with Crippen molar-refractivity contribution in [3.05, 3.63) is 113 Å². The Morgan fingerprint density at radius 1 is 0.844 bits per heavy atom. The van der Waals surface area contributed by atoms with Gasteiger partial charge >= 0.3 is 5.97 Å². The quantitative estimate of drug-likeness (QED) is 0.341. The minimum absolute atomic E-state index is 0.194. The summed E-state index contributed by atoms with van der Waals surface area (Å²) in [5.74, 6) is -1.32. The van der Waals surface area contributed by atoms with E-state index in [9.17, 15) is 9.59 Å². The van der Waals surface area contributed by atoms with E-state index in [2.05, 4.69) is 39.4 Å². The van der Waals surface area contributed by atoms with Gasteiger partial charge in [0, 0.05) is 16.9 Å². The maximum atomic E-state index is 12.4. The molecule has 32 heavy (non-hydrogen) atoms. The molecule has 0 bridgehead atoms. The molecule has 6 nitrogen and oxygen atoms in total. The molecule has 3 aromatic carbocycles. The molecule has 0 saturated carbocycles. The van der Waals surface area contributed by atoms with Gasteiger partial charge in [0.05, 0.1) is 17.5 Å². The smallest absolute Gasteiger partial charge is 0.335 e. The van der Waals surface area contributed by atoms with Crippen molar-refractivity contribution in [2.45, 2.75) is 6.92 Å². The molecule has 4 aromatic rings. The van der Waals surface area contributed by atoms with Crippen LogP contribution in [0, 0.1) is 6.92 Å². The van der Waals surface area contributed by atoms with E-state index in [1.165, 1.54) is 18.3 Å². The number of carbonyl (C=O) groups is 2. The summed E-state index contributed by atoms with van der Waals surface area (Å²) in [4.78, 5) is 23.3. The van der Waals surface area contributed by atoms with Crippen LogP contribution in [0.3, 0.4) is 0 Å². The highest BCUT2D eigenvalue weighted by atomic mass is 16.4. The van der Waals surface area contributed by atoms with Gasteiger partial charge in [0.15, 0.2) is 0 Å². The molecule has 4 rings (SSSR count). The summed E-state index contributed by atoms with van der Waals surface area (Å²) < 4.78 is 2.15. The summed E-state index contributed by atoms with van der Waals surface area (Å²) in [7, 11) is 0. The molecule has 0 aliphatic heterocycles. The number of nitrogens with one attached hydrogen (secondary N) is 1. The standard InChI is InChI=1S/C26H21N3O3/c1-18-7-16-24(20-5-3-2-4-6-20)29(18)23-14-12-21(13-15-23)25(30)28-27-17-19-8-10-22(11-9-19)26(31)32/h2-17H,1H3,(H,28,30)(H,31,32)/b27-17+. The topological polar surface area (TPSA) is 83.7 Å². The van der Waals surface area contributed by atoms with Crippen LogP contribution in [-0.2, 0) is 0 Å². The molecule has 0 saturated heterocycles. The molecule has 0 unspecified atom stereocenters. The minimum atomic E-state index is -0.990. The summed E-state index contributed by atoms with van der Waals surface area (Å²) in [5.41, 5.74) is 8.12. The van der Waals surface area contributed by atoms with Crippen LogP contribution >= 0.6 is 0 Å². The lowest BCUT2D eigenvalue weighted by molar-refractivity contribution is 0.0696. The largest absolute Gasteiger partial charge is 0.478 e. The second-order valence-corrected chi connectivity index (χ2v) is 7.23. The van der Waals surface area contributed by atoms with E-state index in [-0.39, 0.29) is 11.5 Å². The van der Waals surface area contributed by atoms with Gasteiger partial charge in [-0.1, -0.05) is 42.5 Å². The number of amides is 1. The average Bonchev–Trinajstić information content (AvgIpc) is 3.21. The summed E-state index contributed by atoms with van der Waals surface area (Å²) in [6, 6.07) is 27.9. The lowest BCUT2D eigenvalue weighted by atomic mass is 10.1. The Hall–Kier alpha value is -4.45. The predicted octanol–water partition coefficient (Wildman–Crippen LogP) is 4.91. The Morgan fingerprint density at radius 2 is 1.50 bits per heavy atom. The molecule has 1 amide bonds. The minimum Gasteiger partial charge on any atom is -0.478 e. The first-order valence-corrected chi connectivity index (χ1v) is 10.0. The molecule has 0 radical (unpaired) electrons. The van der Waals surface area contributed by atoms with Gasteiger partial charge in [-0.2, -0.15) is 5.10 Å². The highest BCUT2D eigenvalue weighted by molar-refractivity contribution is 5.95. The number of hydrogen-bond acceptors (Lipinski definition) is 3. The van der Waals surface area contributed by atoms with E-state index >= 15 is 0 Å². The Balaban J connectivity index is 1.47. The molecule has 1 aromatic heterocycles. The van der Waals surface area contributed by atoms with Crippen LogP contribution in [0.15, 0.2) is 96.1 Å². The number of aromatic carboxylic acids is 1. The maximum Gasteiger partial charge on any atom is 0.335 e. The molecule has 158 valence electrons. The zero-order valence-electron chi connectivity index (χ0n) is 17.4. The number of carboxylic acids is 1. The van der Waals surface area contributed by atoms with Crippen molar-refractivity contribution in [1.82, 2.24) is 9.99 Å². The molecule has 0 aliphatic carbocycles. The first kappa shape index (κ1) is 20.8. The van der Waals surface area contributed by atoms with Crippen LogP contribution < -0.4 is 5.43 Å². The lowest BCUT2D eigenvalue weighted by Crippen LogP contribution is -2.17. The van der Waals surface area contributed by atoms with Gasteiger partial charge in [-0.15, -0.1) is 0 Å².